The van der Waals surface area contributed by atoms with Gasteiger partial charge in [0.2, 0.25) is 0 Å². The number of hydrogen-bond acceptors (Lipinski definition) is 3. The fourth-order valence-corrected chi connectivity index (χ4v) is 0.939. The molecule has 1 unspecified atom stereocenters. The van der Waals surface area contributed by atoms with Gasteiger partial charge in [-0.1, -0.05) is 6.92 Å². The summed E-state index contributed by atoms with van der Waals surface area (Å²) in [6, 6.07) is 0. The van der Waals surface area contributed by atoms with Gasteiger partial charge in [0.05, 0.1) is 12.7 Å². The lowest BCUT2D eigenvalue weighted by atomic mass is 10.2. The van der Waals surface area contributed by atoms with Gasteiger partial charge in [-0.3, -0.25) is 0 Å². The van der Waals surface area contributed by atoms with E-state index in [-0.39, 0.29) is 12.7 Å². The maximum atomic E-state index is 8.98. The minimum Gasteiger partial charge on any atom is -0.395 e. The van der Waals surface area contributed by atoms with Crippen LogP contribution in [0.4, 0.5) is 0 Å². The molecule has 0 spiro atoms. The molecule has 0 aromatic heterocycles. The molecule has 0 aliphatic heterocycles. The Bertz CT molecular complexity index is 86.2. The van der Waals surface area contributed by atoms with Crippen LogP contribution < -0.4 is 0 Å². The molecule has 11 heavy (non-hydrogen) atoms. The van der Waals surface area contributed by atoms with Gasteiger partial charge in [-0.15, -0.1) is 0 Å². The monoisotopic (exact) mass is 161 g/mol. The van der Waals surface area contributed by atoms with Crippen LogP contribution in [0.5, 0.6) is 0 Å². The average Bonchev–Trinajstić information content (AvgIpc) is 1.97. The van der Waals surface area contributed by atoms with Gasteiger partial charge in [0.15, 0.2) is 0 Å². The van der Waals surface area contributed by atoms with Crippen LogP contribution in [0.3, 0.4) is 0 Å². The van der Waals surface area contributed by atoms with Crippen molar-refractivity contribution in [2.45, 2.75) is 26.4 Å². The zero-order valence-electron chi connectivity index (χ0n) is 7.45. The van der Waals surface area contributed by atoms with Crippen molar-refractivity contribution in [3.63, 3.8) is 0 Å². The minimum absolute atomic E-state index is 0.202. The Labute approximate surface area is 68.6 Å². The summed E-state index contributed by atoms with van der Waals surface area (Å²) in [5.74, 6) is 0. The molecule has 0 saturated heterocycles. The molecule has 68 valence electrons. The van der Waals surface area contributed by atoms with Crippen molar-refractivity contribution in [2.75, 3.05) is 26.2 Å². The number of aliphatic hydroxyl groups excluding tert-OH is 2. The lowest BCUT2D eigenvalue weighted by Gasteiger charge is -2.19. The summed E-state index contributed by atoms with van der Waals surface area (Å²) in [6.45, 7) is 6.56. The smallest absolute Gasteiger partial charge is 0.0558 e. The van der Waals surface area contributed by atoms with Crippen LogP contribution in [-0.2, 0) is 0 Å². The highest BCUT2D eigenvalue weighted by Gasteiger charge is 2.02. The molecule has 3 heteroatoms. The SMILES string of the molecule is CCN(CCO)CCC(C)O. The Morgan fingerprint density at radius 1 is 1.36 bits per heavy atom. The number of hydrogen-bond donors (Lipinski definition) is 2. The first-order chi connectivity index (χ1) is 5.20. The van der Waals surface area contributed by atoms with E-state index >= 15 is 0 Å². The van der Waals surface area contributed by atoms with Crippen molar-refractivity contribution in [1.29, 1.82) is 0 Å². The van der Waals surface area contributed by atoms with Crippen molar-refractivity contribution in [3.8, 4) is 0 Å². The maximum Gasteiger partial charge on any atom is 0.0558 e. The Hall–Kier alpha value is -0.120. The van der Waals surface area contributed by atoms with E-state index in [4.69, 9.17) is 10.2 Å². The topological polar surface area (TPSA) is 43.7 Å². The van der Waals surface area contributed by atoms with Crippen LogP contribution in [0.25, 0.3) is 0 Å². The van der Waals surface area contributed by atoms with E-state index < -0.39 is 0 Å². The number of likely N-dealkylation sites (N-methyl/N-ethyl adjacent to an activating group) is 1. The molecule has 0 amide bonds. The third-order valence-corrected chi connectivity index (χ3v) is 1.73. The first-order valence-corrected chi connectivity index (χ1v) is 4.22. The summed E-state index contributed by atoms with van der Waals surface area (Å²) in [4.78, 5) is 2.12. The second-order valence-corrected chi connectivity index (χ2v) is 2.80. The largest absolute Gasteiger partial charge is 0.395 e. The lowest BCUT2D eigenvalue weighted by molar-refractivity contribution is 0.145. The van der Waals surface area contributed by atoms with Gasteiger partial charge in [-0.25, -0.2) is 0 Å². The van der Waals surface area contributed by atoms with Crippen LogP contribution in [-0.4, -0.2) is 47.5 Å². The molecular formula is C8H19NO2. The molecule has 2 N–H and O–H groups in total. The molecular weight excluding hydrogens is 142 g/mol. The van der Waals surface area contributed by atoms with E-state index in [0.29, 0.717) is 6.54 Å². The summed E-state index contributed by atoms with van der Waals surface area (Å²) < 4.78 is 0. The highest BCUT2D eigenvalue weighted by Crippen LogP contribution is 1.94. The van der Waals surface area contributed by atoms with Crippen LogP contribution in [0.2, 0.25) is 0 Å². The van der Waals surface area contributed by atoms with Crippen LogP contribution in [0.1, 0.15) is 20.3 Å². The van der Waals surface area contributed by atoms with Gasteiger partial charge in [0, 0.05) is 13.1 Å². The summed E-state index contributed by atoms with van der Waals surface area (Å²) in [7, 11) is 0. The van der Waals surface area contributed by atoms with Gasteiger partial charge < -0.3 is 15.1 Å². The van der Waals surface area contributed by atoms with E-state index in [1.807, 2.05) is 0 Å². The third kappa shape index (κ3) is 6.28. The predicted octanol–water partition coefficient (Wildman–Crippen LogP) is 0.0715. The van der Waals surface area contributed by atoms with Crippen molar-refractivity contribution in [3.05, 3.63) is 0 Å². The Balaban J connectivity index is 3.35. The fraction of sp³-hybridized carbons (Fsp3) is 1.00. The number of nitrogens with zero attached hydrogens (tertiary/aromatic N) is 1. The van der Waals surface area contributed by atoms with Crippen molar-refractivity contribution in [2.24, 2.45) is 0 Å². The van der Waals surface area contributed by atoms with Gasteiger partial charge in [0.1, 0.15) is 0 Å². The van der Waals surface area contributed by atoms with Gasteiger partial charge in [-0.05, 0) is 19.9 Å². The second kappa shape index (κ2) is 6.58. The van der Waals surface area contributed by atoms with Crippen LogP contribution >= 0.6 is 0 Å². The number of rotatable bonds is 6. The molecule has 0 fully saturated rings. The molecule has 0 aromatic rings. The molecule has 0 aromatic carbocycles. The third-order valence-electron chi connectivity index (χ3n) is 1.73. The molecule has 0 saturated carbocycles. The molecule has 0 rings (SSSR count). The molecule has 0 aliphatic rings. The van der Waals surface area contributed by atoms with Crippen LogP contribution in [0.15, 0.2) is 0 Å². The van der Waals surface area contributed by atoms with Crippen molar-refractivity contribution >= 4 is 0 Å². The summed E-state index contributed by atoms with van der Waals surface area (Å²) in [6.07, 6.45) is 0.552. The number of aliphatic hydroxyl groups is 2. The normalized spacial score (nSPS) is 13.9. The van der Waals surface area contributed by atoms with Crippen molar-refractivity contribution in [1.82, 2.24) is 4.90 Å². The maximum absolute atomic E-state index is 8.98. The summed E-state index contributed by atoms with van der Waals surface area (Å²) in [5, 5.41) is 17.6. The molecule has 0 aliphatic carbocycles. The Kier molecular flexibility index (Phi) is 6.51. The molecule has 1 atom stereocenters. The first kappa shape index (κ1) is 10.9. The summed E-state index contributed by atoms with van der Waals surface area (Å²) >= 11 is 0. The zero-order chi connectivity index (χ0) is 8.69. The van der Waals surface area contributed by atoms with Crippen LogP contribution in [0, 0.1) is 0 Å². The highest BCUT2D eigenvalue weighted by molar-refractivity contribution is 4.56. The van der Waals surface area contributed by atoms with E-state index in [1.165, 1.54) is 0 Å². The van der Waals surface area contributed by atoms with Gasteiger partial charge >= 0.3 is 0 Å². The molecule has 3 nitrogen and oxygen atoms in total. The Morgan fingerprint density at radius 2 is 2.00 bits per heavy atom. The van der Waals surface area contributed by atoms with E-state index in [1.54, 1.807) is 6.92 Å². The molecule has 0 radical (unpaired) electrons. The van der Waals surface area contributed by atoms with E-state index in [2.05, 4.69) is 11.8 Å². The fourth-order valence-electron chi connectivity index (χ4n) is 0.939. The summed E-state index contributed by atoms with van der Waals surface area (Å²) in [5.41, 5.74) is 0. The van der Waals surface area contributed by atoms with Crippen molar-refractivity contribution < 1.29 is 10.2 Å². The van der Waals surface area contributed by atoms with E-state index in [0.717, 1.165) is 19.5 Å². The zero-order valence-corrected chi connectivity index (χ0v) is 7.45. The standard InChI is InChI=1S/C8H19NO2/c1-3-9(6-7-10)5-4-8(2)11/h8,10-11H,3-7H2,1-2H3. The van der Waals surface area contributed by atoms with E-state index in [9.17, 15) is 0 Å². The predicted molar refractivity (Wildman–Crippen MR) is 45.5 cm³/mol. The minimum atomic E-state index is -0.234. The second-order valence-electron chi connectivity index (χ2n) is 2.80. The first-order valence-electron chi connectivity index (χ1n) is 4.22. The Morgan fingerprint density at radius 3 is 2.36 bits per heavy atom. The highest BCUT2D eigenvalue weighted by atomic mass is 16.3. The quantitative estimate of drug-likeness (QED) is 0.579. The lowest BCUT2D eigenvalue weighted by Crippen LogP contribution is -2.29. The average molecular weight is 161 g/mol. The molecule has 0 heterocycles. The molecule has 0 bridgehead atoms. The van der Waals surface area contributed by atoms with Gasteiger partial charge in [0.25, 0.3) is 0 Å². The van der Waals surface area contributed by atoms with Gasteiger partial charge in [-0.2, -0.15) is 0 Å².